The first-order valence-electron chi connectivity index (χ1n) is 7.17. The molecule has 1 unspecified atom stereocenters. The highest BCUT2D eigenvalue weighted by atomic mass is 16.4. The van der Waals surface area contributed by atoms with Crippen molar-refractivity contribution in [3.05, 3.63) is 0 Å². The number of piperazine rings is 1. The van der Waals surface area contributed by atoms with Crippen molar-refractivity contribution >= 4 is 12.0 Å². The molecule has 0 aromatic carbocycles. The smallest absolute Gasteiger partial charge is 0.326 e. The molecule has 1 saturated carbocycles. The van der Waals surface area contributed by atoms with E-state index in [0.717, 1.165) is 38.8 Å². The molecule has 108 valence electrons. The van der Waals surface area contributed by atoms with Gasteiger partial charge in [-0.1, -0.05) is 19.3 Å². The van der Waals surface area contributed by atoms with Gasteiger partial charge in [0.05, 0.1) is 0 Å². The zero-order valence-electron chi connectivity index (χ0n) is 11.2. The maximum Gasteiger partial charge on any atom is 0.326 e. The van der Waals surface area contributed by atoms with Crippen LogP contribution < -0.4 is 10.6 Å². The average molecular weight is 269 g/mol. The van der Waals surface area contributed by atoms with Crippen molar-refractivity contribution < 1.29 is 14.7 Å². The molecule has 6 nitrogen and oxygen atoms in total. The number of hydrogen-bond donors (Lipinski definition) is 3. The second kappa shape index (κ2) is 6.75. The molecular weight excluding hydrogens is 246 g/mol. The standard InChI is InChI=1S/C13H23N3O3/c17-12(18)11(10-4-2-1-3-5-10)15-13(19)16-8-6-14-7-9-16/h10-11,14H,1-9H2,(H,15,19)(H,17,18). The lowest BCUT2D eigenvalue weighted by atomic mass is 9.84. The van der Waals surface area contributed by atoms with E-state index in [-0.39, 0.29) is 11.9 Å². The van der Waals surface area contributed by atoms with Gasteiger partial charge in [0.1, 0.15) is 6.04 Å². The Hall–Kier alpha value is -1.30. The lowest BCUT2D eigenvalue weighted by Crippen LogP contribution is -2.55. The summed E-state index contributed by atoms with van der Waals surface area (Å²) in [6, 6.07) is -0.970. The number of amides is 2. The van der Waals surface area contributed by atoms with Crippen LogP contribution in [-0.2, 0) is 4.79 Å². The minimum absolute atomic E-state index is 0.0816. The third kappa shape index (κ3) is 3.83. The van der Waals surface area contributed by atoms with Gasteiger partial charge in [0, 0.05) is 26.2 Å². The molecule has 2 aliphatic rings. The first kappa shape index (κ1) is 14.1. The highest BCUT2D eigenvalue weighted by Crippen LogP contribution is 2.26. The molecule has 3 N–H and O–H groups in total. The summed E-state index contributed by atoms with van der Waals surface area (Å²) >= 11 is 0. The second-order valence-electron chi connectivity index (χ2n) is 5.40. The lowest BCUT2D eigenvalue weighted by molar-refractivity contribution is -0.141. The molecule has 0 aromatic rings. The number of nitrogens with one attached hydrogen (secondary N) is 2. The van der Waals surface area contributed by atoms with Gasteiger partial charge in [-0.3, -0.25) is 0 Å². The summed E-state index contributed by atoms with van der Waals surface area (Å²) in [4.78, 5) is 25.1. The quantitative estimate of drug-likeness (QED) is 0.702. The van der Waals surface area contributed by atoms with Gasteiger partial charge in [0.15, 0.2) is 0 Å². The summed E-state index contributed by atoms with van der Waals surface area (Å²) in [5.41, 5.74) is 0. The monoisotopic (exact) mass is 269 g/mol. The van der Waals surface area contributed by atoms with Crippen molar-refractivity contribution in [2.75, 3.05) is 26.2 Å². The summed E-state index contributed by atoms with van der Waals surface area (Å²) < 4.78 is 0. The van der Waals surface area contributed by atoms with E-state index >= 15 is 0 Å². The van der Waals surface area contributed by atoms with Gasteiger partial charge in [0.2, 0.25) is 0 Å². The molecule has 2 amide bonds. The predicted molar refractivity (Wildman–Crippen MR) is 71.0 cm³/mol. The van der Waals surface area contributed by atoms with Crippen LogP contribution >= 0.6 is 0 Å². The minimum atomic E-state index is -0.907. The molecule has 2 rings (SSSR count). The number of hydrogen-bond acceptors (Lipinski definition) is 3. The Kier molecular flexibility index (Phi) is 5.01. The van der Waals surface area contributed by atoms with E-state index in [1.54, 1.807) is 4.90 Å². The molecule has 1 aliphatic heterocycles. The van der Waals surface area contributed by atoms with Gasteiger partial charge in [0.25, 0.3) is 0 Å². The molecule has 0 bridgehead atoms. The number of carbonyl (C=O) groups is 2. The van der Waals surface area contributed by atoms with Gasteiger partial charge >= 0.3 is 12.0 Å². The van der Waals surface area contributed by atoms with Crippen LogP contribution in [0.15, 0.2) is 0 Å². The average Bonchev–Trinajstić information content (AvgIpc) is 2.46. The van der Waals surface area contributed by atoms with Crippen LogP contribution in [0, 0.1) is 5.92 Å². The van der Waals surface area contributed by atoms with Crippen molar-refractivity contribution in [2.45, 2.75) is 38.1 Å². The highest BCUT2D eigenvalue weighted by Gasteiger charge is 2.32. The second-order valence-corrected chi connectivity index (χ2v) is 5.40. The Balaban J connectivity index is 1.91. The predicted octanol–water partition coefficient (Wildman–Crippen LogP) is 0.635. The number of nitrogens with zero attached hydrogens (tertiary/aromatic N) is 1. The molecule has 1 atom stereocenters. The van der Waals surface area contributed by atoms with Crippen molar-refractivity contribution in [3.63, 3.8) is 0 Å². The summed E-state index contributed by atoms with van der Waals surface area (Å²) in [5.74, 6) is -0.825. The lowest BCUT2D eigenvalue weighted by Gasteiger charge is -2.32. The van der Waals surface area contributed by atoms with Gasteiger partial charge in [-0.25, -0.2) is 9.59 Å². The number of rotatable bonds is 3. The van der Waals surface area contributed by atoms with E-state index in [9.17, 15) is 14.7 Å². The number of carboxylic acids is 1. The van der Waals surface area contributed by atoms with Gasteiger partial charge in [-0.05, 0) is 18.8 Å². The largest absolute Gasteiger partial charge is 0.480 e. The molecular formula is C13H23N3O3. The molecule has 19 heavy (non-hydrogen) atoms. The summed E-state index contributed by atoms with van der Waals surface area (Å²) in [6.45, 7) is 2.83. The molecule has 2 fully saturated rings. The molecule has 0 radical (unpaired) electrons. The molecule has 1 heterocycles. The third-order valence-electron chi connectivity index (χ3n) is 4.07. The fraction of sp³-hybridized carbons (Fsp3) is 0.846. The molecule has 1 aliphatic carbocycles. The van der Waals surface area contributed by atoms with E-state index < -0.39 is 12.0 Å². The normalized spacial score (nSPS) is 22.8. The van der Waals surface area contributed by atoms with Gasteiger partial charge < -0.3 is 20.6 Å². The van der Waals surface area contributed by atoms with Crippen LogP contribution in [-0.4, -0.2) is 54.2 Å². The molecule has 0 aromatic heterocycles. The Morgan fingerprint density at radius 3 is 2.37 bits per heavy atom. The van der Waals surface area contributed by atoms with Crippen LogP contribution in [0.4, 0.5) is 4.79 Å². The van der Waals surface area contributed by atoms with Crippen molar-refractivity contribution in [1.82, 2.24) is 15.5 Å². The SMILES string of the molecule is O=C(O)C(NC(=O)N1CCNCC1)C1CCCCC1. The number of urea groups is 1. The van der Waals surface area contributed by atoms with Crippen LogP contribution in [0.1, 0.15) is 32.1 Å². The third-order valence-corrected chi connectivity index (χ3v) is 4.07. The Morgan fingerprint density at radius 2 is 1.79 bits per heavy atom. The fourth-order valence-electron chi connectivity index (χ4n) is 2.94. The maximum absolute atomic E-state index is 12.1. The van der Waals surface area contributed by atoms with Gasteiger partial charge in [-0.15, -0.1) is 0 Å². The fourth-order valence-corrected chi connectivity index (χ4v) is 2.94. The van der Waals surface area contributed by atoms with Crippen molar-refractivity contribution in [2.24, 2.45) is 5.92 Å². The Morgan fingerprint density at radius 1 is 1.16 bits per heavy atom. The summed E-state index contributed by atoms with van der Waals surface area (Å²) in [5, 5.41) is 15.2. The Bertz CT molecular complexity index is 323. The van der Waals surface area contributed by atoms with Crippen LogP contribution in [0.5, 0.6) is 0 Å². The van der Waals surface area contributed by atoms with E-state index in [4.69, 9.17) is 0 Å². The van der Waals surface area contributed by atoms with Crippen molar-refractivity contribution in [3.8, 4) is 0 Å². The highest BCUT2D eigenvalue weighted by molar-refractivity contribution is 5.82. The van der Waals surface area contributed by atoms with Crippen molar-refractivity contribution in [1.29, 1.82) is 0 Å². The topological polar surface area (TPSA) is 81.7 Å². The van der Waals surface area contributed by atoms with E-state index in [0.29, 0.717) is 13.1 Å². The molecule has 6 heteroatoms. The molecule has 0 spiro atoms. The summed E-state index contributed by atoms with van der Waals surface area (Å²) in [7, 11) is 0. The first-order valence-corrected chi connectivity index (χ1v) is 7.17. The molecule has 1 saturated heterocycles. The zero-order chi connectivity index (χ0) is 13.7. The zero-order valence-corrected chi connectivity index (χ0v) is 11.2. The first-order chi connectivity index (χ1) is 9.18. The van der Waals surface area contributed by atoms with Crippen LogP contribution in [0.2, 0.25) is 0 Å². The van der Waals surface area contributed by atoms with E-state index in [2.05, 4.69) is 10.6 Å². The van der Waals surface area contributed by atoms with E-state index in [1.165, 1.54) is 6.42 Å². The summed E-state index contributed by atoms with van der Waals surface area (Å²) in [6.07, 6.45) is 5.11. The van der Waals surface area contributed by atoms with E-state index in [1.807, 2.05) is 0 Å². The van der Waals surface area contributed by atoms with Crippen LogP contribution in [0.3, 0.4) is 0 Å². The van der Waals surface area contributed by atoms with Crippen LogP contribution in [0.25, 0.3) is 0 Å². The number of carboxylic acid groups (broad SMARTS) is 1. The number of aliphatic carboxylic acids is 1. The minimum Gasteiger partial charge on any atom is -0.480 e. The Labute approximate surface area is 113 Å². The van der Waals surface area contributed by atoms with Gasteiger partial charge in [-0.2, -0.15) is 0 Å². The maximum atomic E-state index is 12.1. The number of carbonyl (C=O) groups excluding carboxylic acids is 1.